The maximum atomic E-state index is 11.4. The number of aryl methyl sites for hydroxylation is 1. The van der Waals surface area contributed by atoms with Crippen LogP contribution in [0.5, 0.6) is 0 Å². The van der Waals surface area contributed by atoms with Crippen LogP contribution in [0.1, 0.15) is 16.2 Å². The number of primary amides is 1. The summed E-state index contributed by atoms with van der Waals surface area (Å²) in [6, 6.07) is 15.4. The summed E-state index contributed by atoms with van der Waals surface area (Å²) < 4.78 is 2.62. The lowest BCUT2D eigenvalue weighted by molar-refractivity contribution is 0.0990. The lowest BCUT2D eigenvalue weighted by atomic mass is 10.2. The van der Waals surface area contributed by atoms with Gasteiger partial charge in [0.05, 0.1) is 5.69 Å². The van der Waals surface area contributed by atoms with E-state index in [1.807, 2.05) is 55.5 Å². The molecule has 0 saturated heterocycles. The third-order valence-electron chi connectivity index (χ3n) is 3.27. The van der Waals surface area contributed by atoms with Gasteiger partial charge in [0.2, 0.25) is 5.82 Å². The molecule has 0 spiro atoms. The summed E-state index contributed by atoms with van der Waals surface area (Å²) in [5.41, 5.74) is 8.07. The fourth-order valence-electron chi connectivity index (χ4n) is 2.17. The number of benzene rings is 2. The van der Waals surface area contributed by atoms with Crippen molar-refractivity contribution in [2.45, 2.75) is 6.92 Å². The van der Waals surface area contributed by atoms with Gasteiger partial charge < -0.3 is 5.73 Å². The molecule has 0 atom stereocenters. The third kappa shape index (κ3) is 2.65. The van der Waals surface area contributed by atoms with E-state index >= 15 is 0 Å². The van der Waals surface area contributed by atoms with E-state index in [2.05, 4.69) is 26.0 Å². The summed E-state index contributed by atoms with van der Waals surface area (Å²) in [4.78, 5) is 15.7. The number of amides is 1. The molecule has 0 aliphatic rings. The molecule has 2 aromatic carbocycles. The van der Waals surface area contributed by atoms with Gasteiger partial charge in [0.1, 0.15) is 0 Å². The summed E-state index contributed by atoms with van der Waals surface area (Å²) in [5.74, 6) is -0.0672. The normalized spacial score (nSPS) is 10.6. The molecule has 0 saturated carbocycles. The van der Waals surface area contributed by atoms with Gasteiger partial charge in [0.25, 0.3) is 5.91 Å². The maximum Gasteiger partial charge on any atom is 0.288 e. The molecule has 22 heavy (non-hydrogen) atoms. The van der Waals surface area contributed by atoms with Crippen molar-refractivity contribution in [3.8, 4) is 17.1 Å². The predicted octanol–water partition coefficient (Wildman–Crippen LogP) is 3.10. The van der Waals surface area contributed by atoms with Crippen LogP contribution in [0.2, 0.25) is 0 Å². The number of rotatable bonds is 3. The van der Waals surface area contributed by atoms with Crippen molar-refractivity contribution in [2.75, 3.05) is 0 Å². The molecule has 0 bridgehead atoms. The summed E-state index contributed by atoms with van der Waals surface area (Å²) in [5, 5.41) is 4.26. The minimum Gasteiger partial charge on any atom is -0.363 e. The van der Waals surface area contributed by atoms with E-state index < -0.39 is 5.91 Å². The molecule has 110 valence electrons. The zero-order chi connectivity index (χ0) is 15.7. The summed E-state index contributed by atoms with van der Waals surface area (Å²) >= 11 is 3.40. The van der Waals surface area contributed by atoms with Crippen LogP contribution in [0.15, 0.2) is 53.0 Å². The number of halogens is 1. The topological polar surface area (TPSA) is 73.8 Å². The fourth-order valence-corrected chi connectivity index (χ4v) is 2.44. The van der Waals surface area contributed by atoms with E-state index in [4.69, 9.17) is 5.73 Å². The van der Waals surface area contributed by atoms with E-state index in [1.54, 1.807) is 4.68 Å². The molecule has 0 fully saturated rings. The molecule has 5 nitrogen and oxygen atoms in total. The van der Waals surface area contributed by atoms with Gasteiger partial charge in [0, 0.05) is 10.0 Å². The van der Waals surface area contributed by atoms with Crippen molar-refractivity contribution in [1.29, 1.82) is 0 Å². The van der Waals surface area contributed by atoms with Gasteiger partial charge in [0.15, 0.2) is 5.82 Å². The van der Waals surface area contributed by atoms with Gasteiger partial charge in [-0.2, -0.15) is 0 Å². The number of para-hydroxylation sites is 1. The molecule has 3 aromatic rings. The molecule has 0 aliphatic carbocycles. The highest BCUT2D eigenvalue weighted by atomic mass is 79.9. The molecule has 0 radical (unpaired) electrons. The van der Waals surface area contributed by atoms with Gasteiger partial charge in [-0.1, -0.05) is 46.3 Å². The minimum atomic E-state index is -0.648. The van der Waals surface area contributed by atoms with Crippen LogP contribution < -0.4 is 5.73 Å². The maximum absolute atomic E-state index is 11.4. The summed E-state index contributed by atoms with van der Waals surface area (Å²) in [7, 11) is 0. The van der Waals surface area contributed by atoms with E-state index in [-0.39, 0.29) is 5.82 Å². The van der Waals surface area contributed by atoms with Crippen molar-refractivity contribution >= 4 is 21.8 Å². The number of aromatic nitrogens is 3. The number of nitrogens with zero attached hydrogens (tertiary/aromatic N) is 3. The second-order valence-electron chi connectivity index (χ2n) is 4.83. The number of hydrogen-bond acceptors (Lipinski definition) is 3. The number of nitrogens with two attached hydrogens (primary N) is 1. The third-order valence-corrected chi connectivity index (χ3v) is 3.80. The molecular weight excluding hydrogens is 344 g/mol. The van der Waals surface area contributed by atoms with Gasteiger partial charge in [-0.3, -0.25) is 4.79 Å². The largest absolute Gasteiger partial charge is 0.363 e. The predicted molar refractivity (Wildman–Crippen MR) is 87.7 cm³/mol. The Kier molecular flexibility index (Phi) is 3.77. The van der Waals surface area contributed by atoms with E-state index in [9.17, 15) is 4.79 Å². The first kappa shape index (κ1) is 14.5. The number of hydrogen-bond donors (Lipinski definition) is 1. The van der Waals surface area contributed by atoms with E-state index in [1.165, 1.54) is 0 Å². The number of carbonyl (C=O) groups excluding carboxylic acids is 1. The van der Waals surface area contributed by atoms with Crippen molar-refractivity contribution in [3.63, 3.8) is 0 Å². The van der Waals surface area contributed by atoms with E-state index in [0.717, 1.165) is 21.3 Å². The van der Waals surface area contributed by atoms with Crippen LogP contribution in [-0.2, 0) is 0 Å². The smallest absolute Gasteiger partial charge is 0.288 e. The second kappa shape index (κ2) is 5.73. The van der Waals surface area contributed by atoms with Crippen molar-refractivity contribution in [1.82, 2.24) is 14.8 Å². The monoisotopic (exact) mass is 356 g/mol. The molecule has 2 N–H and O–H groups in total. The molecule has 1 heterocycles. The quantitative estimate of drug-likeness (QED) is 0.783. The minimum absolute atomic E-state index is 0.00109. The van der Waals surface area contributed by atoms with Gasteiger partial charge in [-0.15, -0.1) is 5.10 Å². The Bertz CT molecular complexity index is 840. The van der Waals surface area contributed by atoms with Crippen LogP contribution in [0.4, 0.5) is 0 Å². The second-order valence-corrected chi connectivity index (χ2v) is 5.74. The summed E-state index contributed by atoms with van der Waals surface area (Å²) in [6.45, 7) is 1.98. The van der Waals surface area contributed by atoms with Crippen LogP contribution in [0.3, 0.4) is 0 Å². The van der Waals surface area contributed by atoms with Crippen molar-refractivity contribution in [2.24, 2.45) is 5.73 Å². The molecule has 6 heteroatoms. The highest BCUT2D eigenvalue weighted by Crippen LogP contribution is 2.24. The van der Waals surface area contributed by atoms with Crippen LogP contribution in [-0.4, -0.2) is 20.7 Å². The zero-order valence-electron chi connectivity index (χ0n) is 11.8. The molecule has 0 aliphatic heterocycles. The Balaban J connectivity index is 2.23. The van der Waals surface area contributed by atoms with Gasteiger partial charge >= 0.3 is 0 Å². The standard InChI is InChI=1S/C16H13BrN4O/c1-10-4-2-3-5-13(10)21-16(19-15(20-21)14(18)22)11-6-8-12(17)9-7-11/h2-9H,1H3,(H2,18,22). The number of carbonyl (C=O) groups is 1. The lowest BCUT2D eigenvalue weighted by Gasteiger charge is -2.08. The summed E-state index contributed by atoms with van der Waals surface area (Å²) in [6.07, 6.45) is 0. The Hall–Kier alpha value is -2.47. The molecule has 3 rings (SSSR count). The Morgan fingerprint density at radius 3 is 2.45 bits per heavy atom. The van der Waals surface area contributed by atoms with E-state index in [0.29, 0.717) is 5.82 Å². The zero-order valence-corrected chi connectivity index (χ0v) is 13.4. The van der Waals surface area contributed by atoms with Crippen molar-refractivity contribution in [3.05, 3.63) is 64.4 Å². The van der Waals surface area contributed by atoms with Crippen LogP contribution in [0.25, 0.3) is 17.1 Å². The Morgan fingerprint density at radius 2 is 1.82 bits per heavy atom. The highest BCUT2D eigenvalue weighted by Gasteiger charge is 2.17. The lowest BCUT2D eigenvalue weighted by Crippen LogP contribution is -2.13. The first-order valence-corrected chi connectivity index (χ1v) is 7.44. The van der Waals surface area contributed by atoms with Gasteiger partial charge in [-0.25, -0.2) is 9.67 Å². The van der Waals surface area contributed by atoms with Crippen LogP contribution in [0, 0.1) is 6.92 Å². The van der Waals surface area contributed by atoms with Crippen LogP contribution >= 0.6 is 15.9 Å². The van der Waals surface area contributed by atoms with Crippen molar-refractivity contribution < 1.29 is 4.79 Å². The van der Waals surface area contributed by atoms with Gasteiger partial charge in [-0.05, 0) is 30.7 Å². The first-order chi connectivity index (χ1) is 10.6. The SMILES string of the molecule is Cc1ccccc1-n1nc(C(N)=O)nc1-c1ccc(Br)cc1. The first-order valence-electron chi connectivity index (χ1n) is 6.65. The highest BCUT2D eigenvalue weighted by molar-refractivity contribution is 9.10. The Morgan fingerprint density at radius 1 is 1.14 bits per heavy atom. The molecule has 1 aromatic heterocycles. The Labute approximate surface area is 135 Å². The fraction of sp³-hybridized carbons (Fsp3) is 0.0625. The molecule has 1 amide bonds. The average Bonchev–Trinajstić information content (AvgIpc) is 2.94. The molecular formula is C16H13BrN4O. The average molecular weight is 357 g/mol. The molecule has 0 unspecified atom stereocenters.